The third-order valence-corrected chi connectivity index (χ3v) is 3.62. The largest absolute Gasteiger partial charge is 0.493 e. The van der Waals surface area contributed by atoms with E-state index in [1.807, 2.05) is 31.2 Å². The molecule has 1 heterocycles. The number of hydrazone groups is 1. The second kappa shape index (κ2) is 8.92. The Kier molecular flexibility index (Phi) is 6.59. The summed E-state index contributed by atoms with van der Waals surface area (Å²) in [6, 6.07) is 7.47. The lowest BCUT2D eigenvalue weighted by molar-refractivity contribution is -0.135. The Labute approximate surface area is 136 Å². The summed E-state index contributed by atoms with van der Waals surface area (Å²) in [5, 5.41) is 3.96. The second-order valence-corrected chi connectivity index (χ2v) is 5.39. The van der Waals surface area contributed by atoms with Crippen molar-refractivity contribution in [1.82, 2.24) is 10.3 Å². The van der Waals surface area contributed by atoms with Gasteiger partial charge >= 0.3 is 0 Å². The first-order valence-corrected chi connectivity index (χ1v) is 8.02. The van der Waals surface area contributed by atoms with E-state index in [0.29, 0.717) is 19.6 Å². The first kappa shape index (κ1) is 17.0. The van der Waals surface area contributed by atoms with Gasteiger partial charge in [-0.05, 0) is 31.9 Å². The lowest BCUT2D eigenvalue weighted by Crippen LogP contribution is -2.39. The Morgan fingerprint density at radius 2 is 2.17 bits per heavy atom. The van der Waals surface area contributed by atoms with Crippen LogP contribution in [0.2, 0.25) is 0 Å². The van der Waals surface area contributed by atoms with Crippen LogP contribution in [-0.2, 0) is 9.59 Å². The van der Waals surface area contributed by atoms with Gasteiger partial charge in [0.1, 0.15) is 12.3 Å². The maximum atomic E-state index is 11.9. The quantitative estimate of drug-likeness (QED) is 0.644. The minimum atomic E-state index is -0.287. The fourth-order valence-corrected chi connectivity index (χ4v) is 2.46. The summed E-state index contributed by atoms with van der Waals surface area (Å²) in [7, 11) is 0. The molecule has 0 bridgehead atoms. The average Bonchev–Trinajstić information content (AvgIpc) is 2.74. The minimum absolute atomic E-state index is 0.0447. The van der Waals surface area contributed by atoms with Crippen LogP contribution >= 0.6 is 0 Å². The van der Waals surface area contributed by atoms with Crippen LogP contribution in [0.1, 0.15) is 38.2 Å². The Hall–Kier alpha value is -2.37. The van der Waals surface area contributed by atoms with Crippen LogP contribution in [0.15, 0.2) is 29.4 Å². The van der Waals surface area contributed by atoms with Gasteiger partial charge in [0.25, 0.3) is 5.91 Å². The van der Waals surface area contributed by atoms with Gasteiger partial charge in [0.2, 0.25) is 5.91 Å². The summed E-state index contributed by atoms with van der Waals surface area (Å²) >= 11 is 0. The van der Waals surface area contributed by atoms with E-state index in [-0.39, 0.29) is 18.4 Å². The van der Waals surface area contributed by atoms with Gasteiger partial charge in [0.05, 0.1) is 12.8 Å². The molecule has 1 aromatic rings. The zero-order valence-corrected chi connectivity index (χ0v) is 13.5. The molecular formula is C17H23N3O3. The Bertz CT molecular complexity index is 572. The van der Waals surface area contributed by atoms with Crippen molar-refractivity contribution in [3.05, 3.63) is 29.8 Å². The van der Waals surface area contributed by atoms with Gasteiger partial charge in [-0.1, -0.05) is 18.6 Å². The zero-order valence-electron chi connectivity index (χ0n) is 13.5. The molecule has 1 fully saturated rings. The number of carbonyl (C=O) groups is 2. The molecule has 1 aromatic carbocycles. The van der Waals surface area contributed by atoms with E-state index >= 15 is 0 Å². The van der Waals surface area contributed by atoms with E-state index in [4.69, 9.17) is 4.74 Å². The number of para-hydroxylation sites is 1. The minimum Gasteiger partial charge on any atom is -0.493 e. The van der Waals surface area contributed by atoms with Crippen molar-refractivity contribution in [3.63, 3.8) is 0 Å². The van der Waals surface area contributed by atoms with Gasteiger partial charge in [0.15, 0.2) is 0 Å². The van der Waals surface area contributed by atoms with E-state index in [0.717, 1.165) is 30.6 Å². The molecule has 2 rings (SSSR count). The Morgan fingerprint density at radius 1 is 1.35 bits per heavy atom. The normalized spacial score (nSPS) is 15.5. The van der Waals surface area contributed by atoms with Crippen molar-refractivity contribution < 1.29 is 14.3 Å². The van der Waals surface area contributed by atoms with E-state index in [2.05, 4.69) is 10.5 Å². The summed E-state index contributed by atoms with van der Waals surface area (Å²) in [6.45, 7) is 3.18. The lowest BCUT2D eigenvalue weighted by atomic mass is 10.2. The molecule has 6 nitrogen and oxygen atoms in total. The molecule has 1 aliphatic rings. The number of hydrogen-bond donors (Lipinski definition) is 1. The standard InChI is InChI=1S/C17H23N3O3/c1-2-23-15-9-6-5-8-14(15)12-18-19-16(21)13-20-11-7-3-4-10-17(20)22/h5-6,8-9,12H,2-4,7,10-11,13H2,1H3,(H,19,21)/b18-12-. The molecule has 0 aliphatic carbocycles. The Balaban J connectivity index is 1.87. The molecule has 1 saturated heterocycles. The molecule has 124 valence electrons. The van der Waals surface area contributed by atoms with Crippen molar-refractivity contribution in [2.75, 3.05) is 19.7 Å². The first-order valence-electron chi connectivity index (χ1n) is 8.02. The molecular weight excluding hydrogens is 294 g/mol. The van der Waals surface area contributed by atoms with Crippen LogP contribution in [0.4, 0.5) is 0 Å². The van der Waals surface area contributed by atoms with Gasteiger partial charge in [0, 0.05) is 18.5 Å². The van der Waals surface area contributed by atoms with Crippen molar-refractivity contribution in [3.8, 4) is 5.75 Å². The van der Waals surface area contributed by atoms with Crippen molar-refractivity contribution >= 4 is 18.0 Å². The number of nitrogens with one attached hydrogen (secondary N) is 1. The van der Waals surface area contributed by atoms with Gasteiger partial charge in [-0.15, -0.1) is 0 Å². The number of amides is 2. The molecule has 0 radical (unpaired) electrons. The second-order valence-electron chi connectivity index (χ2n) is 5.39. The molecule has 0 atom stereocenters. The molecule has 0 unspecified atom stereocenters. The summed E-state index contributed by atoms with van der Waals surface area (Å²) < 4.78 is 5.49. The summed E-state index contributed by atoms with van der Waals surface area (Å²) in [4.78, 5) is 25.4. The number of nitrogens with zero attached hydrogens (tertiary/aromatic N) is 2. The predicted molar refractivity (Wildman–Crippen MR) is 88.4 cm³/mol. The highest BCUT2D eigenvalue weighted by molar-refractivity contribution is 5.87. The molecule has 23 heavy (non-hydrogen) atoms. The van der Waals surface area contributed by atoms with Gasteiger partial charge < -0.3 is 9.64 Å². The monoisotopic (exact) mass is 317 g/mol. The van der Waals surface area contributed by atoms with E-state index in [1.54, 1.807) is 11.1 Å². The van der Waals surface area contributed by atoms with Crippen LogP contribution in [0.3, 0.4) is 0 Å². The molecule has 0 aromatic heterocycles. The number of benzene rings is 1. The third kappa shape index (κ3) is 5.39. The molecule has 1 N–H and O–H groups in total. The third-order valence-electron chi connectivity index (χ3n) is 3.62. The van der Waals surface area contributed by atoms with Crippen LogP contribution in [0.25, 0.3) is 0 Å². The first-order chi connectivity index (χ1) is 11.2. The van der Waals surface area contributed by atoms with Crippen LogP contribution in [0, 0.1) is 0 Å². The van der Waals surface area contributed by atoms with Crippen LogP contribution in [0.5, 0.6) is 5.75 Å². The zero-order chi connectivity index (χ0) is 16.5. The summed E-state index contributed by atoms with van der Waals surface area (Å²) in [5.41, 5.74) is 3.26. The molecule has 6 heteroatoms. The SMILES string of the molecule is CCOc1ccccc1/C=N\NC(=O)CN1CCCCCC1=O. The lowest BCUT2D eigenvalue weighted by Gasteiger charge is -2.18. The average molecular weight is 317 g/mol. The van der Waals surface area contributed by atoms with Crippen molar-refractivity contribution in [2.45, 2.75) is 32.6 Å². The van der Waals surface area contributed by atoms with Crippen molar-refractivity contribution in [1.29, 1.82) is 0 Å². The van der Waals surface area contributed by atoms with E-state index in [9.17, 15) is 9.59 Å². The highest BCUT2D eigenvalue weighted by Gasteiger charge is 2.18. The summed E-state index contributed by atoms with van der Waals surface area (Å²) in [5.74, 6) is 0.476. The van der Waals surface area contributed by atoms with E-state index in [1.165, 1.54) is 0 Å². The molecule has 2 amide bonds. The predicted octanol–water partition coefficient (Wildman–Crippen LogP) is 1.94. The maximum absolute atomic E-state index is 11.9. The maximum Gasteiger partial charge on any atom is 0.259 e. The number of likely N-dealkylation sites (tertiary alicyclic amines) is 1. The molecule has 1 aliphatic heterocycles. The van der Waals surface area contributed by atoms with E-state index < -0.39 is 0 Å². The number of hydrogen-bond acceptors (Lipinski definition) is 4. The Morgan fingerprint density at radius 3 is 3.00 bits per heavy atom. The van der Waals surface area contributed by atoms with Crippen LogP contribution < -0.4 is 10.2 Å². The molecule has 0 saturated carbocycles. The van der Waals surface area contributed by atoms with Crippen molar-refractivity contribution in [2.24, 2.45) is 5.10 Å². The fraction of sp³-hybridized carbons (Fsp3) is 0.471. The highest BCUT2D eigenvalue weighted by atomic mass is 16.5. The van der Waals surface area contributed by atoms with Crippen LogP contribution in [-0.4, -0.2) is 42.6 Å². The topological polar surface area (TPSA) is 71.0 Å². The summed E-state index contributed by atoms with van der Waals surface area (Å²) in [6.07, 6.45) is 4.97. The molecule has 0 spiro atoms. The van der Waals surface area contributed by atoms with Gasteiger partial charge in [-0.3, -0.25) is 9.59 Å². The highest BCUT2D eigenvalue weighted by Crippen LogP contribution is 2.15. The number of rotatable bonds is 6. The van der Waals surface area contributed by atoms with Gasteiger partial charge in [-0.25, -0.2) is 5.43 Å². The number of carbonyl (C=O) groups excluding carboxylic acids is 2. The van der Waals surface area contributed by atoms with Gasteiger partial charge in [-0.2, -0.15) is 5.10 Å². The number of ether oxygens (including phenoxy) is 1. The fourth-order valence-electron chi connectivity index (χ4n) is 2.46. The smallest absolute Gasteiger partial charge is 0.259 e.